The van der Waals surface area contributed by atoms with Crippen molar-refractivity contribution in [3.05, 3.63) is 29.6 Å². The molecule has 3 nitrogen and oxygen atoms in total. The quantitative estimate of drug-likeness (QED) is 0.890. The van der Waals surface area contributed by atoms with Crippen LogP contribution in [-0.4, -0.2) is 16.1 Å². The summed E-state index contributed by atoms with van der Waals surface area (Å²) in [5, 5.41) is 0. The molecule has 2 aromatic rings. The summed E-state index contributed by atoms with van der Waals surface area (Å²) >= 11 is 0. The third kappa shape index (κ3) is 2.27. The molecule has 0 bridgehead atoms. The zero-order chi connectivity index (χ0) is 13.4. The van der Waals surface area contributed by atoms with Crippen LogP contribution < -0.4 is 5.73 Å². The molecule has 1 aromatic carbocycles. The number of imidazole rings is 1. The van der Waals surface area contributed by atoms with Crippen LogP contribution in [-0.2, 0) is 0 Å². The van der Waals surface area contributed by atoms with Crippen LogP contribution in [0.2, 0.25) is 0 Å². The smallest absolute Gasteiger partial charge is 0.114 e. The van der Waals surface area contributed by atoms with Gasteiger partial charge in [-0.05, 0) is 43.9 Å². The van der Waals surface area contributed by atoms with Crippen molar-refractivity contribution in [2.45, 2.75) is 51.5 Å². The van der Waals surface area contributed by atoms with E-state index >= 15 is 0 Å². The molecule has 102 valence electrons. The number of aryl methyl sites for hydroxylation is 1. The maximum atomic E-state index is 5.98. The molecular formula is C16H23N3. The zero-order valence-electron chi connectivity index (χ0n) is 11.9. The number of rotatable bonds is 5. The first-order valence-electron chi connectivity index (χ1n) is 7.43. The van der Waals surface area contributed by atoms with Gasteiger partial charge in [-0.2, -0.15) is 0 Å². The molecule has 1 heterocycles. The Labute approximate surface area is 114 Å². The number of nitrogens with two attached hydrogens (primary N) is 1. The van der Waals surface area contributed by atoms with Gasteiger partial charge in [-0.3, -0.25) is 0 Å². The topological polar surface area (TPSA) is 43.8 Å². The van der Waals surface area contributed by atoms with E-state index in [1.165, 1.54) is 29.7 Å². The van der Waals surface area contributed by atoms with Crippen LogP contribution in [0.5, 0.6) is 0 Å². The third-order valence-electron chi connectivity index (χ3n) is 4.07. The molecule has 0 radical (unpaired) electrons. The van der Waals surface area contributed by atoms with Crippen molar-refractivity contribution in [1.82, 2.24) is 9.55 Å². The summed E-state index contributed by atoms with van der Waals surface area (Å²) in [5.41, 5.74) is 9.68. The van der Waals surface area contributed by atoms with Gasteiger partial charge in [0, 0.05) is 18.5 Å². The molecule has 1 fully saturated rings. The van der Waals surface area contributed by atoms with E-state index < -0.39 is 0 Å². The number of fused-ring (bicyclic) bond motifs is 1. The number of nitrogens with zero attached hydrogens (tertiary/aromatic N) is 2. The molecule has 3 heteroatoms. The molecular weight excluding hydrogens is 234 g/mol. The SMILES string of the molecule is CCCC(CN)c1nc2cc(C)ccc2n1C1CC1. The Bertz CT molecular complexity index is 581. The first kappa shape index (κ1) is 12.7. The lowest BCUT2D eigenvalue weighted by atomic mass is 10.0. The Morgan fingerprint density at radius 1 is 1.42 bits per heavy atom. The van der Waals surface area contributed by atoms with Crippen molar-refractivity contribution in [3.8, 4) is 0 Å². The molecule has 0 spiro atoms. The van der Waals surface area contributed by atoms with E-state index in [1.807, 2.05) is 0 Å². The molecule has 1 aliphatic carbocycles. The molecule has 0 saturated heterocycles. The molecule has 1 unspecified atom stereocenters. The van der Waals surface area contributed by atoms with E-state index in [9.17, 15) is 0 Å². The highest BCUT2D eigenvalue weighted by atomic mass is 15.1. The molecule has 0 aliphatic heterocycles. The highest BCUT2D eigenvalue weighted by Crippen LogP contribution is 2.40. The Kier molecular flexibility index (Phi) is 3.31. The molecule has 19 heavy (non-hydrogen) atoms. The monoisotopic (exact) mass is 257 g/mol. The average Bonchev–Trinajstić information content (AvgIpc) is 3.17. The average molecular weight is 257 g/mol. The third-order valence-corrected chi connectivity index (χ3v) is 4.07. The van der Waals surface area contributed by atoms with Crippen molar-refractivity contribution in [2.24, 2.45) is 5.73 Å². The summed E-state index contributed by atoms with van der Waals surface area (Å²) in [4.78, 5) is 4.91. The fourth-order valence-electron chi connectivity index (χ4n) is 2.93. The van der Waals surface area contributed by atoms with Crippen molar-refractivity contribution in [2.75, 3.05) is 6.54 Å². The summed E-state index contributed by atoms with van der Waals surface area (Å²) in [5.74, 6) is 1.62. The number of hydrogen-bond donors (Lipinski definition) is 1. The van der Waals surface area contributed by atoms with Crippen molar-refractivity contribution in [3.63, 3.8) is 0 Å². The second kappa shape index (κ2) is 4.97. The van der Waals surface area contributed by atoms with Gasteiger partial charge >= 0.3 is 0 Å². The minimum absolute atomic E-state index is 0.401. The van der Waals surface area contributed by atoms with Crippen LogP contribution in [0, 0.1) is 6.92 Å². The second-order valence-corrected chi connectivity index (χ2v) is 5.78. The standard InChI is InChI=1S/C16H23N3/c1-3-4-12(10-17)16-18-14-9-11(2)5-8-15(14)19(16)13-6-7-13/h5,8-9,12-13H,3-4,6-7,10,17H2,1-2H3. The maximum Gasteiger partial charge on any atom is 0.114 e. The van der Waals surface area contributed by atoms with Crippen molar-refractivity contribution < 1.29 is 0 Å². The van der Waals surface area contributed by atoms with Crippen LogP contribution in [0.15, 0.2) is 18.2 Å². The van der Waals surface area contributed by atoms with Crippen molar-refractivity contribution >= 4 is 11.0 Å². The van der Waals surface area contributed by atoms with Crippen molar-refractivity contribution in [1.29, 1.82) is 0 Å². The predicted octanol–water partition coefficient (Wildman–Crippen LogP) is 3.52. The fraction of sp³-hybridized carbons (Fsp3) is 0.562. The molecule has 3 rings (SSSR count). The summed E-state index contributed by atoms with van der Waals surface area (Å²) in [6, 6.07) is 7.26. The van der Waals surface area contributed by atoms with Gasteiger partial charge in [-0.1, -0.05) is 19.4 Å². The Hall–Kier alpha value is -1.35. The number of aromatic nitrogens is 2. The first-order chi connectivity index (χ1) is 9.24. The minimum atomic E-state index is 0.401. The van der Waals surface area contributed by atoms with E-state index in [1.54, 1.807) is 0 Å². The Morgan fingerprint density at radius 3 is 2.84 bits per heavy atom. The molecule has 1 aliphatic rings. The predicted molar refractivity (Wildman–Crippen MR) is 79.4 cm³/mol. The molecule has 1 aromatic heterocycles. The Balaban J connectivity index is 2.13. The summed E-state index contributed by atoms with van der Waals surface area (Å²) in [6.45, 7) is 5.04. The maximum absolute atomic E-state index is 5.98. The Morgan fingerprint density at radius 2 is 2.21 bits per heavy atom. The van der Waals surface area contributed by atoms with Crippen LogP contribution in [0.25, 0.3) is 11.0 Å². The van der Waals surface area contributed by atoms with Crippen LogP contribution in [0.1, 0.15) is 56.0 Å². The van der Waals surface area contributed by atoms with Gasteiger partial charge in [-0.25, -0.2) is 4.98 Å². The lowest BCUT2D eigenvalue weighted by molar-refractivity contribution is 0.552. The van der Waals surface area contributed by atoms with Gasteiger partial charge in [0.05, 0.1) is 11.0 Å². The van der Waals surface area contributed by atoms with Gasteiger partial charge in [0.15, 0.2) is 0 Å². The van der Waals surface area contributed by atoms with Gasteiger partial charge in [0.2, 0.25) is 0 Å². The minimum Gasteiger partial charge on any atom is -0.330 e. The van der Waals surface area contributed by atoms with Crippen LogP contribution in [0.3, 0.4) is 0 Å². The van der Waals surface area contributed by atoms with Gasteiger partial charge in [-0.15, -0.1) is 0 Å². The van der Waals surface area contributed by atoms with E-state index in [4.69, 9.17) is 10.7 Å². The highest BCUT2D eigenvalue weighted by molar-refractivity contribution is 5.77. The molecule has 2 N–H and O–H groups in total. The number of benzene rings is 1. The van der Waals surface area contributed by atoms with Crippen LogP contribution in [0.4, 0.5) is 0 Å². The van der Waals surface area contributed by atoms with Gasteiger partial charge < -0.3 is 10.3 Å². The summed E-state index contributed by atoms with van der Waals surface area (Å²) in [6.07, 6.45) is 4.87. The van der Waals surface area contributed by atoms with E-state index in [0.717, 1.165) is 18.4 Å². The highest BCUT2D eigenvalue weighted by Gasteiger charge is 2.30. The molecule has 1 saturated carbocycles. The first-order valence-corrected chi connectivity index (χ1v) is 7.43. The summed E-state index contributed by atoms with van der Waals surface area (Å²) in [7, 11) is 0. The molecule has 0 amide bonds. The van der Waals surface area contributed by atoms with E-state index in [2.05, 4.69) is 36.6 Å². The largest absolute Gasteiger partial charge is 0.330 e. The fourth-order valence-corrected chi connectivity index (χ4v) is 2.93. The van der Waals surface area contributed by atoms with Gasteiger partial charge in [0.1, 0.15) is 5.82 Å². The van der Waals surface area contributed by atoms with Crippen LogP contribution >= 0.6 is 0 Å². The summed E-state index contributed by atoms with van der Waals surface area (Å²) < 4.78 is 2.46. The van der Waals surface area contributed by atoms with E-state index in [-0.39, 0.29) is 0 Å². The number of hydrogen-bond acceptors (Lipinski definition) is 2. The normalized spacial score (nSPS) is 17.0. The molecule has 1 atom stereocenters. The zero-order valence-corrected chi connectivity index (χ0v) is 11.9. The van der Waals surface area contributed by atoms with Gasteiger partial charge in [0.25, 0.3) is 0 Å². The second-order valence-electron chi connectivity index (χ2n) is 5.78. The van der Waals surface area contributed by atoms with E-state index in [0.29, 0.717) is 18.5 Å². The lowest BCUT2D eigenvalue weighted by Gasteiger charge is -2.16. The lowest BCUT2D eigenvalue weighted by Crippen LogP contribution is -2.17.